The van der Waals surface area contributed by atoms with Gasteiger partial charge in [-0.05, 0) is 45.4 Å². The van der Waals surface area contributed by atoms with E-state index in [4.69, 9.17) is 9.26 Å². The number of piperazine rings is 1. The summed E-state index contributed by atoms with van der Waals surface area (Å²) in [5, 5.41) is 4.21. The van der Waals surface area contributed by atoms with Crippen molar-refractivity contribution in [2.45, 2.75) is 59.0 Å². The van der Waals surface area contributed by atoms with Crippen LogP contribution in [-0.2, 0) is 9.53 Å². The van der Waals surface area contributed by atoms with Gasteiger partial charge in [-0.2, -0.15) is 0 Å². The minimum Gasteiger partial charge on any atom is -0.444 e. The maximum atomic E-state index is 12.4. The number of piperidine rings is 1. The topological polar surface area (TPSA) is 79.1 Å². The lowest BCUT2D eigenvalue weighted by Crippen LogP contribution is -2.50. The third kappa shape index (κ3) is 6.45. The summed E-state index contributed by atoms with van der Waals surface area (Å²) in [6.07, 6.45) is 2.92. The zero-order valence-electron chi connectivity index (χ0n) is 19.7. The molecule has 31 heavy (non-hydrogen) atoms. The van der Waals surface area contributed by atoms with Crippen molar-refractivity contribution in [3.8, 4) is 0 Å². The van der Waals surface area contributed by atoms with Gasteiger partial charge in [-0.1, -0.05) is 19.0 Å². The van der Waals surface area contributed by atoms with E-state index in [2.05, 4.69) is 15.0 Å². The number of nitrogens with zero attached hydrogens (tertiary/aromatic N) is 4. The van der Waals surface area contributed by atoms with Crippen molar-refractivity contribution < 1.29 is 18.8 Å². The Hall–Kier alpha value is -2.09. The van der Waals surface area contributed by atoms with Crippen molar-refractivity contribution in [2.24, 2.45) is 11.8 Å². The molecular formula is C23H38N4O4. The third-order valence-corrected chi connectivity index (χ3v) is 6.09. The second-order valence-electron chi connectivity index (χ2n) is 10.2. The molecule has 0 radical (unpaired) electrons. The molecule has 2 aliphatic rings. The number of hydrogen-bond donors (Lipinski definition) is 0. The second kappa shape index (κ2) is 10.0. The molecule has 0 aliphatic carbocycles. The highest BCUT2D eigenvalue weighted by molar-refractivity contribution is 5.68. The van der Waals surface area contributed by atoms with Crippen molar-refractivity contribution in [1.29, 1.82) is 0 Å². The van der Waals surface area contributed by atoms with Crippen LogP contribution in [0.5, 0.6) is 0 Å². The van der Waals surface area contributed by atoms with E-state index in [-0.39, 0.29) is 17.9 Å². The molecule has 3 heterocycles. The fourth-order valence-corrected chi connectivity index (χ4v) is 4.37. The number of carbonyl (C=O) groups excluding carboxylic acids is 2. The predicted octanol–water partition coefficient (Wildman–Crippen LogP) is 3.38. The average Bonchev–Trinajstić information content (AvgIpc) is 3.17. The Bertz CT molecular complexity index is 734. The van der Waals surface area contributed by atoms with Crippen molar-refractivity contribution in [2.75, 3.05) is 50.7 Å². The molecule has 2 saturated heterocycles. The average molecular weight is 435 g/mol. The van der Waals surface area contributed by atoms with E-state index in [1.54, 1.807) is 0 Å². The number of carbonyl (C=O) groups is 2. The highest BCUT2D eigenvalue weighted by Crippen LogP contribution is 2.27. The van der Waals surface area contributed by atoms with Gasteiger partial charge in [0.2, 0.25) is 0 Å². The first-order chi connectivity index (χ1) is 14.7. The summed E-state index contributed by atoms with van der Waals surface area (Å²) >= 11 is 0. The summed E-state index contributed by atoms with van der Waals surface area (Å²) < 4.78 is 11.0. The van der Waals surface area contributed by atoms with Crippen LogP contribution < -0.4 is 4.90 Å². The van der Waals surface area contributed by atoms with Crippen LogP contribution in [0.2, 0.25) is 0 Å². The van der Waals surface area contributed by atoms with Gasteiger partial charge < -0.3 is 23.9 Å². The first-order valence-electron chi connectivity index (χ1n) is 11.5. The number of likely N-dealkylation sites (tertiary alicyclic amines) is 1. The van der Waals surface area contributed by atoms with Gasteiger partial charge in [0.15, 0.2) is 5.82 Å². The van der Waals surface area contributed by atoms with E-state index in [1.165, 1.54) is 0 Å². The smallest absolute Gasteiger partial charge is 0.410 e. The van der Waals surface area contributed by atoms with Gasteiger partial charge in [-0.25, -0.2) is 4.79 Å². The summed E-state index contributed by atoms with van der Waals surface area (Å²) in [6.45, 7) is 15.9. The number of aldehydes is 1. The van der Waals surface area contributed by atoms with Crippen LogP contribution in [-0.4, -0.2) is 78.8 Å². The summed E-state index contributed by atoms with van der Waals surface area (Å²) in [4.78, 5) is 30.3. The van der Waals surface area contributed by atoms with Crippen molar-refractivity contribution in [1.82, 2.24) is 15.0 Å². The van der Waals surface area contributed by atoms with Crippen molar-refractivity contribution in [3.05, 3.63) is 11.8 Å². The fourth-order valence-electron chi connectivity index (χ4n) is 4.37. The molecule has 3 rings (SSSR count). The molecule has 1 aromatic rings. The lowest BCUT2D eigenvalue weighted by Gasteiger charge is -2.39. The maximum absolute atomic E-state index is 12.4. The van der Waals surface area contributed by atoms with Crippen LogP contribution in [0.1, 0.15) is 59.1 Å². The normalized spacial score (nSPS) is 21.9. The van der Waals surface area contributed by atoms with E-state index in [1.807, 2.05) is 45.6 Å². The number of aromatic nitrogens is 1. The van der Waals surface area contributed by atoms with Crippen molar-refractivity contribution >= 4 is 18.2 Å². The van der Waals surface area contributed by atoms with Crippen LogP contribution in [0.25, 0.3) is 0 Å². The highest BCUT2D eigenvalue weighted by Gasteiger charge is 2.30. The molecule has 0 aromatic carbocycles. The number of amides is 1. The first-order valence-corrected chi connectivity index (χ1v) is 11.5. The summed E-state index contributed by atoms with van der Waals surface area (Å²) in [6, 6.07) is 1.91. The fraction of sp³-hybridized carbons (Fsp3) is 0.783. The molecule has 2 aliphatic heterocycles. The van der Waals surface area contributed by atoms with Crippen LogP contribution in [0.15, 0.2) is 10.6 Å². The highest BCUT2D eigenvalue weighted by atomic mass is 16.6. The van der Waals surface area contributed by atoms with Gasteiger partial charge in [-0.15, -0.1) is 0 Å². The van der Waals surface area contributed by atoms with Gasteiger partial charge >= 0.3 is 6.09 Å². The quantitative estimate of drug-likeness (QED) is 0.635. The van der Waals surface area contributed by atoms with E-state index < -0.39 is 5.60 Å². The van der Waals surface area contributed by atoms with E-state index in [0.29, 0.717) is 11.7 Å². The number of anilines is 1. The molecule has 1 unspecified atom stereocenters. The van der Waals surface area contributed by atoms with Crippen LogP contribution in [0, 0.1) is 11.8 Å². The Morgan fingerprint density at radius 2 is 1.97 bits per heavy atom. The van der Waals surface area contributed by atoms with E-state index in [0.717, 1.165) is 70.8 Å². The summed E-state index contributed by atoms with van der Waals surface area (Å²) in [5.41, 5.74) is -0.456. The number of hydrogen-bond acceptors (Lipinski definition) is 7. The van der Waals surface area contributed by atoms with Gasteiger partial charge in [0.05, 0.1) is 5.92 Å². The minimum absolute atomic E-state index is 0.186. The van der Waals surface area contributed by atoms with Crippen molar-refractivity contribution in [3.63, 3.8) is 0 Å². The van der Waals surface area contributed by atoms with E-state index in [9.17, 15) is 9.59 Å². The zero-order chi connectivity index (χ0) is 22.6. The Morgan fingerprint density at radius 1 is 1.26 bits per heavy atom. The lowest BCUT2D eigenvalue weighted by atomic mass is 9.95. The molecule has 0 N–H and O–H groups in total. The Morgan fingerprint density at radius 3 is 2.58 bits per heavy atom. The van der Waals surface area contributed by atoms with Crippen LogP contribution >= 0.6 is 0 Å². The van der Waals surface area contributed by atoms with Gasteiger partial charge in [-0.3, -0.25) is 4.90 Å². The molecule has 0 saturated carbocycles. The first kappa shape index (κ1) is 23.6. The summed E-state index contributed by atoms with van der Waals surface area (Å²) in [5.74, 6) is 1.88. The standard InChI is InChI=1S/C23H38N4O4/c1-17(2)19(16-28)20-13-21(24-31-20)26-11-9-25(10-12-26)14-18-7-6-8-27(15-18)22(29)30-23(3,4)5/h13,16-19H,6-12,14-15H2,1-5H3/t18-,19?/m0/s1. The molecule has 1 aromatic heterocycles. The Balaban J connectivity index is 1.47. The van der Waals surface area contributed by atoms with E-state index >= 15 is 0 Å². The molecule has 0 bridgehead atoms. The zero-order valence-corrected chi connectivity index (χ0v) is 19.7. The molecule has 8 nitrogen and oxygen atoms in total. The van der Waals surface area contributed by atoms with Crippen LogP contribution in [0.3, 0.4) is 0 Å². The van der Waals surface area contributed by atoms with Crippen LogP contribution in [0.4, 0.5) is 10.6 Å². The molecular weight excluding hydrogens is 396 g/mol. The maximum Gasteiger partial charge on any atom is 0.410 e. The number of rotatable bonds is 6. The van der Waals surface area contributed by atoms with Gasteiger partial charge in [0.1, 0.15) is 17.6 Å². The minimum atomic E-state index is -0.456. The molecule has 1 amide bonds. The molecule has 0 spiro atoms. The monoisotopic (exact) mass is 434 g/mol. The Labute approximate surface area is 185 Å². The predicted molar refractivity (Wildman–Crippen MR) is 119 cm³/mol. The lowest BCUT2D eigenvalue weighted by molar-refractivity contribution is -0.110. The molecule has 2 atom stereocenters. The van der Waals surface area contributed by atoms with Gasteiger partial charge in [0.25, 0.3) is 0 Å². The van der Waals surface area contributed by atoms with Gasteiger partial charge in [0, 0.05) is 51.9 Å². The third-order valence-electron chi connectivity index (χ3n) is 6.09. The molecule has 8 heteroatoms. The second-order valence-corrected chi connectivity index (χ2v) is 10.2. The Kier molecular flexibility index (Phi) is 7.62. The molecule has 174 valence electrons. The summed E-state index contributed by atoms with van der Waals surface area (Å²) in [7, 11) is 0. The number of ether oxygens (including phenoxy) is 1. The SMILES string of the molecule is CC(C)C(C=O)c1cc(N2CCN(C[C@@H]3CCCN(C(=O)OC(C)(C)C)C3)CC2)no1. The largest absolute Gasteiger partial charge is 0.444 e. The molecule has 2 fully saturated rings.